The molecule has 0 bridgehead atoms. The van der Waals surface area contributed by atoms with Crippen LogP contribution in [0.2, 0.25) is 12.1 Å². The first kappa shape index (κ1) is 26.5. The lowest BCUT2D eigenvalue weighted by atomic mass is 10.6. The van der Waals surface area contributed by atoms with Gasteiger partial charge in [-0.1, -0.05) is 0 Å². The van der Waals surface area contributed by atoms with E-state index in [2.05, 4.69) is 0 Å². The number of hydrogen-bond acceptors (Lipinski definition) is 7. The maximum Gasteiger partial charge on any atom is 0.501 e. The highest BCUT2D eigenvalue weighted by molar-refractivity contribution is 7.99. The van der Waals surface area contributed by atoms with Crippen molar-refractivity contribution in [2.75, 3.05) is 51.1 Å². The van der Waals surface area contributed by atoms with Gasteiger partial charge in [-0.2, -0.15) is 11.8 Å². The summed E-state index contributed by atoms with van der Waals surface area (Å²) in [5.74, 6) is 2.01. The summed E-state index contributed by atoms with van der Waals surface area (Å²) >= 11 is 1.90. The van der Waals surface area contributed by atoms with Crippen LogP contribution >= 0.6 is 11.8 Å². The van der Waals surface area contributed by atoms with E-state index in [4.69, 9.17) is 26.6 Å². The molecule has 0 saturated heterocycles. The van der Waals surface area contributed by atoms with Crippen molar-refractivity contribution in [3.05, 3.63) is 0 Å². The number of rotatable bonds is 19. The van der Waals surface area contributed by atoms with Crippen LogP contribution in [0.1, 0.15) is 48.0 Å². The molecule has 0 spiro atoms. The first-order valence-corrected chi connectivity index (χ1v) is 15.0. The summed E-state index contributed by atoms with van der Waals surface area (Å²) in [5.41, 5.74) is 0. The highest BCUT2D eigenvalue weighted by Gasteiger charge is 2.41. The molecule has 6 nitrogen and oxygen atoms in total. The summed E-state index contributed by atoms with van der Waals surface area (Å²) in [6.45, 7) is 15.7. The first-order valence-electron chi connectivity index (χ1n) is 9.98. The van der Waals surface area contributed by atoms with E-state index in [1.165, 1.54) is 0 Å². The van der Waals surface area contributed by atoms with Crippen molar-refractivity contribution < 1.29 is 26.6 Å². The Morgan fingerprint density at radius 2 is 0.846 bits per heavy atom. The lowest BCUT2D eigenvalue weighted by molar-refractivity contribution is 0.0708. The Balaban J connectivity index is 4.35. The Bertz CT molecular complexity index is 262. The van der Waals surface area contributed by atoms with Crippen molar-refractivity contribution in [1.29, 1.82) is 0 Å². The van der Waals surface area contributed by atoms with Gasteiger partial charge >= 0.3 is 17.6 Å². The summed E-state index contributed by atoms with van der Waals surface area (Å²) in [4.78, 5) is 0. The average molecular weight is 429 g/mol. The van der Waals surface area contributed by atoms with Crippen LogP contribution in [0.4, 0.5) is 0 Å². The topological polar surface area (TPSA) is 55.4 Å². The third kappa shape index (κ3) is 10.8. The van der Waals surface area contributed by atoms with E-state index >= 15 is 0 Å². The molecule has 0 aromatic heterocycles. The molecular weight excluding hydrogens is 388 g/mol. The fourth-order valence-electron chi connectivity index (χ4n) is 2.69. The summed E-state index contributed by atoms with van der Waals surface area (Å²) < 4.78 is 35.4. The number of hydrogen-bond donors (Lipinski definition) is 0. The summed E-state index contributed by atoms with van der Waals surface area (Å²) in [6, 6.07) is 1.71. The molecule has 0 amide bonds. The zero-order valence-electron chi connectivity index (χ0n) is 17.6. The van der Waals surface area contributed by atoms with Crippen molar-refractivity contribution in [2.45, 2.75) is 60.1 Å². The van der Waals surface area contributed by atoms with E-state index < -0.39 is 17.6 Å². The molecular formula is C17H40O6SSi2. The maximum atomic E-state index is 5.90. The minimum atomic E-state index is -2.52. The molecule has 0 unspecified atom stereocenters. The van der Waals surface area contributed by atoms with Crippen LogP contribution in [0, 0.1) is 0 Å². The minimum Gasteiger partial charge on any atom is -0.374 e. The van der Waals surface area contributed by atoms with Crippen LogP contribution in [-0.2, 0) is 26.6 Å². The molecule has 0 heterocycles. The molecule has 0 aliphatic rings. The standard InChI is InChI=1S/C17H40O6SSi2/c1-7-18-25(19-8-2,20-9-3)16-13-14-24-15-17-26(21-10-4,22-11-5)23-12-6/h7-17H2,1-6H3. The molecule has 0 rings (SSSR count). The second kappa shape index (κ2) is 16.5. The third-order valence-corrected chi connectivity index (χ3v) is 11.1. The van der Waals surface area contributed by atoms with Crippen LogP contribution in [0.5, 0.6) is 0 Å². The van der Waals surface area contributed by atoms with Gasteiger partial charge in [0.2, 0.25) is 0 Å². The largest absolute Gasteiger partial charge is 0.501 e. The molecule has 0 radical (unpaired) electrons. The number of thioether (sulfide) groups is 1. The molecule has 0 aliphatic heterocycles. The normalized spacial score (nSPS) is 12.7. The van der Waals surface area contributed by atoms with Crippen LogP contribution in [0.15, 0.2) is 0 Å². The second-order valence-corrected chi connectivity index (χ2v) is 12.1. The SMILES string of the molecule is CCO[Si](CCCSCC[Si](OCC)(OCC)OCC)(OCC)OCC. The van der Waals surface area contributed by atoms with Gasteiger partial charge in [-0.05, 0) is 59.5 Å². The smallest absolute Gasteiger partial charge is 0.374 e. The molecule has 0 saturated carbocycles. The van der Waals surface area contributed by atoms with Gasteiger partial charge in [0.1, 0.15) is 0 Å². The lowest BCUT2D eigenvalue weighted by Crippen LogP contribution is -2.46. The van der Waals surface area contributed by atoms with Crippen LogP contribution < -0.4 is 0 Å². The fourth-order valence-corrected chi connectivity index (χ4v) is 9.69. The van der Waals surface area contributed by atoms with E-state index in [-0.39, 0.29) is 0 Å². The second-order valence-electron chi connectivity index (χ2n) is 5.43. The van der Waals surface area contributed by atoms with Crippen molar-refractivity contribution in [1.82, 2.24) is 0 Å². The first-order chi connectivity index (χ1) is 12.6. The van der Waals surface area contributed by atoms with Gasteiger partial charge in [-0.3, -0.25) is 0 Å². The molecule has 26 heavy (non-hydrogen) atoms. The molecule has 9 heteroatoms. The van der Waals surface area contributed by atoms with E-state index in [0.29, 0.717) is 39.6 Å². The van der Waals surface area contributed by atoms with Crippen LogP contribution in [-0.4, -0.2) is 68.8 Å². The molecule has 0 N–H and O–H groups in total. The zero-order valence-corrected chi connectivity index (χ0v) is 20.5. The maximum absolute atomic E-state index is 5.90. The predicted octanol–water partition coefficient (Wildman–Crippen LogP) is 4.21. The van der Waals surface area contributed by atoms with Gasteiger partial charge in [0.15, 0.2) is 0 Å². The highest BCUT2D eigenvalue weighted by atomic mass is 32.2. The van der Waals surface area contributed by atoms with E-state index in [9.17, 15) is 0 Å². The van der Waals surface area contributed by atoms with Gasteiger partial charge in [0.05, 0.1) is 0 Å². The van der Waals surface area contributed by atoms with Crippen LogP contribution in [0.3, 0.4) is 0 Å². The molecule has 0 aliphatic carbocycles. The van der Waals surface area contributed by atoms with Gasteiger partial charge < -0.3 is 26.6 Å². The molecule has 0 atom stereocenters. The molecule has 158 valence electrons. The quantitative estimate of drug-likeness (QED) is 0.226. The Kier molecular flexibility index (Phi) is 16.8. The van der Waals surface area contributed by atoms with E-state index in [0.717, 1.165) is 30.0 Å². The van der Waals surface area contributed by atoms with Gasteiger partial charge in [-0.25, -0.2) is 0 Å². The predicted molar refractivity (Wildman–Crippen MR) is 113 cm³/mol. The zero-order chi connectivity index (χ0) is 19.7. The van der Waals surface area contributed by atoms with Crippen molar-refractivity contribution in [3.63, 3.8) is 0 Å². The minimum absolute atomic E-state index is 0.627. The highest BCUT2D eigenvalue weighted by Crippen LogP contribution is 2.23. The van der Waals surface area contributed by atoms with Gasteiger partial charge in [-0.15, -0.1) is 0 Å². The average Bonchev–Trinajstić information content (AvgIpc) is 2.59. The van der Waals surface area contributed by atoms with Gasteiger partial charge in [0, 0.05) is 51.7 Å². The summed E-state index contributed by atoms with van der Waals surface area (Å²) in [6.07, 6.45) is 1.02. The lowest BCUT2D eigenvalue weighted by Gasteiger charge is -2.29. The van der Waals surface area contributed by atoms with Crippen LogP contribution in [0.25, 0.3) is 0 Å². The molecule has 0 aromatic carbocycles. The Labute approximate surface area is 167 Å². The van der Waals surface area contributed by atoms with Gasteiger partial charge in [0.25, 0.3) is 0 Å². The van der Waals surface area contributed by atoms with Crippen molar-refractivity contribution in [3.8, 4) is 0 Å². The Morgan fingerprint density at radius 1 is 0.500 bits per heavy atom. The Hall–Kier alpha value is 0.544. The molecule has 0 aromatic rings. The van der Waals surface area contributed by atoms with E-state index in [1.807, 2.05) is 53.3 Å². The summed E-state index contributed by atoms with van der Waals surface area (Å²) in [5, 5.41) is 0. The van der Waals surface area contributed by atoms with Crippen molar-refractivity contribution in [2.24, 2.45) is 0 Å². The van der Waals surface area contributed by atoms with E-state index in [1.54, 1.807) is 0 Å². The molecule has 0 fully saturated rings. The Morgan fingerprint density at radius 3 is 1.19 bits per heavy atom. The summed E-state index contributed by atoms with van der Waals surface area (Å²) in [7, 11) is -5.03. The fraction of sp³-hybridized carbons (Fsp3) is 1.00. The van der Waals surface area contributed by atoms with Crippen molar-refractivity contribution >= 4 is 29.4 Å². The third-order valence-electron chi connectivity index (χ3n) is 3.51. The monoisotopic (exact) mass is 428 g/mol.